The van der Waals surface area contributed by atoms with Crippen LogP contribution in [0, 0.1) is 35.5 Å². The number of aliphatic hydroxyl groups is 1. The third kappa shape index (κ3) is 2.35. The number of fused-ring (bicyclic) bond motifs is 9. The topological polar surface area (TPSA) is 61.8 Å². The first-order chi connectivity index (χ1) is 13.6. The molecule has 154 valence electrons. The van der Waals surface area contributed by atoms with Crippen molar-refractivity contribution in [2.45, 2.75) is 76.0 Å². The van der Waals surface area contributed by atoms with Crippen LogP contribution in [0.2, 0.25) is 0 Å². The summed E-state index contributed by atoms with van der Waals surface area (Å²) in [5, 5.41) is 15.9. The van der Waals surface area contributed by atoms with Gasteiger partial charge in [-0.1, -0.05) is 18.9 Å². The van der Waals surface area contributed by atoms with Crippen LogP contribution >= 0.6 is 0 Å². The highest BCUT2D eigenvalue weighted by atomic mass is 16.6. The smallest absolute Gasteiger partial charge is 0.414 e. The van der Waals surface area contributed by atoms with E-state index in [0.717, 1.165) is 19.3 Å². The van der Waals surface area contributed by atoms with Crippen molar-refractivity contribution in [1.82, 2.24) is 10.2 Å². The minimum absolute atomic E-state index is 0.173. The number of cyclic esters (lactones) is 1. The van der Waals surface area contributed by atoms with Gasteiger partial charge < -0.3 is 15.2 Å². The third-order valence-corrected chi connectivity index (χ3v) is 9.34. The van der Waals surface area contributed by atoms with E-state index in [1.807, 2.05) is 4.90 Å². The lowest BCUT2D eigenvalue weighted by Gasteiger charge is -2.49. The molecule has 1 amide bonds. The Morgan fingerprint density at radius 2 is 2.11 bits per heavy atom. The fourth-order valence-electron chi connectivity index (χ4n) is 8.39. The highest BCUT2D eigenvalue weighted by molar-refractivity contribution is 5.72. The number of amides is 1. The number of hydrogen-bond donors (Lipinski definition) is 2. The standard InChI is InChI=1S/C23H34N2O3/c1-13-6-7-17-19(24-13)10-14-12-23(17,27)18-11-20(25-8-9-28-22(25)26)15-4-2-3-5-16(15)21(14)18/h11,13-19,21,24,27H,2-10,12H2,1H3/t13-,14-,15+,16+,17-,18+,19-,21-,23+/m0/s1. The molecule has 5 nitrogen and oxygen atoms in total. The van der Waals surface area contributed by atoms with Crippen LogP contribution < -0.4 is 5.32 Å². The normalized spacial score (nSPS) is 52.4. The molecular weight excluding hydrogens is 352 g/mol. The Morgan fingerprint density at radius 3 is 2.93 bits per heavy atom. The Bertz CT molecular complexity index is 708. The largest absolute Gasteiger partial charge is 0.447 e. The minimum atomic E-state index is -0.595. The molecule has 4 aliphatic carbocycles. The number of piperidine rings is 1. The van der Waals surface area contributed by atoms with E-state index < -0.39 is 5.60 Å². The van der Waals surface area contributed by atoms with E-state index in [2.05, 4.69) is 18.3 Å². The van der Waals surface area contributed by atoms with Gasteiger partial charge in [0.2, 0.25) is 0 Å². The molecule has 0 aromatic rings. The van der Waals surface area contributed by atoms with Crippen LogP contribution in [0.5, 0.6) is 0 Å². The van der Waals surface area contributed by atoms with Gasteiger partial charge in [0.25, 0.3) is 0 Å². The average Bonchev–Trinajstić information content (AvgIpc) is 3.20. The van der Waals surface area contributed by atoms with Gasteiger partial charge in [0, 0.05) is 35.5 Å². The van der Waals surface area contributed by atoms with Crippen molar-refractivity contribution in [3.05, 3.63) is 11.8 Å². The van der Waals surface area contributed by atoms with Gasteiger partial charge in [0.05, 0.1) is 12.1 Å². The molecule has 0 spiro atoms. The van der Waals surface area contributed by atoms with E-state index in [4.69, 9.17) is 4.74 Å². The van der Waals surface area contributed by atoms with Crippen LogP contribution in [-0.2, 0) is 4.74 Å². The summed E-state index contributed by atoms with van der Waals surface area (Å²) in [7, 11) is 0. The first-order valence-corrected chi connectivity index (χ1v) is 11.7. The van der Waals surface area contributed by atoms with Crippen LogP contribution in [0.25, 0.3) is 0 Å². The molecule has 0 aromatic heterocycles. The van der Waals surface area contributed by atoms with Gasteiger partial charge in [-0.3, -0.25) is 4.90 Å². The number of ether oxygens (including phenoxy) is 1. The SMILES string of the molecule is C[C@H]1CC[C@H]2[C@H](C[C@H]3C[C@]2(O)[C@@H]2C=C(N4CCOC4=O)[C@@H]4CCCC[C@H]4[C@H]32)N1. The highest BCUT2D eigenvalue weighted by Gasteiger charge is 2.65. The van der Waals surface area contributed by atoms with Gasteiger partial charge in [-0.05, 0) is 63.2 Å². The maximum absolute atomic E-state index is 12.4. The molecule has 0 aromatic carbocycles. The number of carbonyl (C=O) groups is 1. The molecule has 2 heterocycles. The number of hydrogen-bond acceptors (Lipinski definition) is 4. The summed E-state index contributed by atoms with van der Waals surface area (Å²) in [5.41, 5.74) is 0.603. The van der Waals surface area contributed by atoms with Crippen LogP contribution in [0.1, 0.15) is 58.3 Å². The zero-order valence-corrected chi connectivity index (χ0v) is 17.0. The first-order valence-electron chi connectivity index (χ1n) is 11.7. The summed E-state index contributed by atoms with van der Waals surface area (Å²) >= 11 is 0. The van der Waals surface area contributed by atoms with E-state index in [-0.39, 0.29) is 12.0 Å². The summed E-state index contributed by atoms with van der Waals surface area (Å²) in [5.74, 6) is 2.91. The molecule has 28 heavy (non-hydrogen) atoms. The Kier molecular flexibility index (Phi) is 3.94. The van der Waals surface area contributed by atoms with Crippen LogP contribution in [0.4, 0.5) is 4.79 Å². The fraction of sp³-hybridized carbons (Fsp3) is 0.870. The maximum atomic E-state index is 12.4. The summed E-state index contributed by atoms with van der Waals surface area (Å²) < 4.78 is 5.29. The second kappa shape index (κ2) is 6.21. The minimum Gasteiger partial charge on any atom is -0.447 e. The van der Waals surface area contributed by atoms with E-state index in [0.29, 0.717) is 54.8 Å². The second-order valence-electron chi connectivity index (χ2n) is 10.6. The van der Waals surface area contributed by atoms with Gasteiger partial charge in [-0.15, -0.1) is 0 Å². The fourth-order valence-corrected chi connectivity index (χ4v) is 8.39. The second-order valence-corrected chi connectivity index (χ2v) is 10.6. The Morgan fingerprint density at radius 1 is 1.25 bits per heavy atom. The molecule has 2 bridgehead atoms. The molecule has 9 atom stereocenters. The van der Waals surface area contributed by atoms with Gasteiger partial charge in [0.1, 0.15) is 6.61 Å². The van der Waals surface area contributed by atoms with E-state index in [9.17, 15) is 9.90 Å². The monoisotopic (exact) mass is 386 g/mol. The van der Waals surface area contributed by atoms with Crippen molar-refractivity contribution in [3.63, 3.8) is 0 Å². The molecule has 2 aliphatic heterocycles. The van der Waals surface area contributed by atoms with E-state index in [1.54, 1.807) is 0 Å². The van der Waals surface area contributed by atoms with Gasteiger partial charge >= 0.3 is 6.09 Å². The summed E-state index contributed by atoms with van der Waals surface area (Å²) in [6.45, 7) is 3.47. The molecule has 6 rings (SSSR count). The van der Waals surface area contributed by atoms with Crippen molar-refractivity contribution >= 4 is 6.09 Å². The van der Waals surface area contributed by atoms with E-state index in [1.165, 1.54) is 37.8 Å². The predicted molar refractivity (Wildman–Crippen MR) is 105 cm³/mol. The van der Waals surface area contributed by atoms with Crippen molar-refractivity contribution in [2.24, 2.45) is 35.5 Å². The zero-order valence-electron chi connectivity index (χ0n) is 17.0. The first kappa shape index (κ1) is 17.8. The summed E-state index contributed by atoms with van der Waals surface area (Å²) in [6.07, 6.45) is 11.7. The highest BCUT2D eigenvalue weighted by Crippen LogP contribution is 2.64. The maximum Gasteiger partial charge on any atom is 0.414 e. The van der Waals surface area contributed by atoms with Crippen molar-refractivity contribution in [1.29, 1.82) is 0 Å². The van der Waals surface area contributed by atoms with Crippen LogP contribution in [0.3, 0.4) is 0 Å². The molecule has 5 heteroatoms. The number of nitrogens with one attached hydrogen (secondary N) is 1. The molecule has 2 N–H and O–H groups in total. The predicted octanol–water partition coefficient (Wildman–Crippen LogP) is 3.29. The number of nitrogens with zero attached hydrogens (tertiary/aromatic N) is 1. The zero-order chi connectivity index (χ0) is 19.0. The molecule has 3 saturated carbocycles. The lowest BCUT2D eigenvalue weighted by Crippen LogP contribution is -2.58. The molecule has 2 saturated heterocycles. The van der Waals surface area contributed by atoms with Crippen molar-refractivity contribution in [3.8, 4) is 0 Å². The van der Waals surface area contributed by atoms with Crippen molar-refractivity contribution in [2.75, 3.05) is 13.2 Å². The van der Waals surface area contributed by atoms with E-state index >= 15 is 0 Å². The van der Waals surface area contributed by atoms with Gasteiger partial charge in [-0.2, -0.15) is 0 Å². The summed E-state index contributed by atoms with van der Waals surface area (Å²) in [4.78, 5) is 14.3. The number of rotatable bonds is 1. The quantitative estimate of drug-likeness (QED) is 0.726. The van der Waals surface area contributed by atoms with Crippen LogP contribution in [-0.4, -0.2) is 46.9 Å². The van der Waals surface area contributed by atoms with Crippen LogP contribution in [0.15, 0.2) is 11.8 Å². The molecule has 5 fully saturated rings. The molecule has 0 radical (unpaired) electrons. The number of carbonyl (C=O) groups excluding carboxylic acids is 1. The van der Waals surface area contributed by atoms with Gasteiger partial charge in [-0.25, -0.2) is 4.79 Å². The van der Waals surface area contributed by atoms with Gasteiger partial charge in [0.15, 0.2) is 0 Å². The lowest BCUT2D eigenvalue weighted by atomic mass is 9.61. The Labute approximate surface area is 167 Å². The Hall–Kier alpha value is -1.07. The number of allylic oxidation sites excluding steroid dienone is 1. The summed E-state index contributed by atoms with van der Waals surface area (Å²) in [6, 6.07) is 1.03. The Balaban J connectivity index is 1.42. The molecule has 6 aliphatic rings. The van der Waals surface area contributed by atoms with Crippen molar-refractivity contribution < 1.29 is 14.6 Å². The molecular formula is C23H34N2O3. The average molecular weight is 387 g/mol. The third-order valence-electron chi connectivity index (χ3n) is 9.34. The molecule has 0 unspecified atom stereocenters. The lowest BCUT2D eigenvalue weighted by molar-refractivity contribution is -0.0869.